The van der Waals surface area contributed by atoms with Crippen LogP contribution in [0.15, 0.2) is 0 Å². The van der Waals surface area contributed by atoms with Crippen LogP contribution in [0.4, 0.5) is 0 Å². The lowest BCUT2D eigenvalue weighted by Crippen LogP contribution is -2.42. The van der Waals surface area contributed by atoms with E-state index < -0.39 is 0 Å². The zero-order valence-electron chi connectivity index (χ0n) is 5.14. The van der Waals surface area contributed by atoms with Crippen molar-refractivity contribution in [1.82, 2.24) is 10.4 Å². The molecule has 0 radical (unpaired) electrons. The predicted octanol–water partition coefficient (Wildman–Crippen LogP) is -0.314. The number of hydrogen-bond acceptors (Lipinski definition) is 2. The van der Waals surface area contributed by atoms with Gasteiger partial charge in [-0.3, -0.25) is 5.01 Å². The lowest BCUT2D eigenvalue weighted by Gasteiger charge is -2.15. The standard InChI is InChI=1S/C4H11N3S/c1-3-6-7(2)4(5)8/h6H,3H2,1-2H3,(H2,5,8). The first-order chi connectivity index (χ1) is 3.68. The molecule has 0 amide bonds. The van der Waals surface area contributed by atoms with Gasteiger partial charge in [-0.2, -0.15) is 0 Å². The van der Waals surface area contributed by atoms with Gasteiger partial charge in [-0.1, -0.05) is 6.92 Å². The Hall–Kier alpha value is -0.350. The monoisotopic (exact) mass is 133 g/mol. The molecule has 0 aliphatic carbocycles. The molecule has 0 aliphatic heterocycles. The van der Waals surface area contributed by atoms with Gasteiger partial charge in [-0.05, 0) is 12.2 Å². The van der Waals surface area contributed by atoms with Crippen molar-refractivity contribution in [3.8, 4) is 0 Å². The van der Waals surface area contributed by atoms with Crippen LogP contribution >= 0.6 is 12.2 Å². The van der Waals surface area contributed by atoms with Crippen molar-refractivity contribution in [3.63, 3.8) is 0 Å². The minimum absolute atomic E-state index is 0.367. The van der Waals surface area contributed by atoms with E-state index in [0.717, 1.165) is 6.54 Å². The Kier molecular flexibility index (Phi) is 3.47. The van der Waals surface area contributed by atoms with Crippen molar-refractivity contribution in [2.45, 2.75) is 6.92 Å². The summed E-state index contributed by atoms with van der Waals surface area (Å²) in [6.07, 6.45) is 0. The van der Waals surface area contributed by atoms with Crippen LogP contribution in [0.3, 0.4) is 0 Å². The van der Waals surface area contributed by atoms with Crippen LogP contribution in [0, 0.1) is 0 Å². The molecule has 0 aromatic rings. The van der Waals surface area contributed by atoms with Crippen LogP contribution in [0.25, 0.3) is 0 Å². The van der Waals surface area contributed by atoms with Crippen LogP contribution in [0.2, 0.25) is 0 Å². The van der Waals surface area contributed by atoms with E-state index in [2.05, 4.69) is 17.6 Å². The van der Waals surface area contributed by atoms with Gasteiger partial charge in [0.05, 0.1) is 0 Å². The zero-order chi connectivity index (χ0) is 6.57. The summed E-state index contributed by atoms with van der Waals surface area (Å²) in [5.41, 5.74) is 8.13. The maximum atomic E-state index is 5.22. The first-order valence-electron chi connectivity index (χ1n) is 2.45. The third kappa shape index (κ3) is 2.76. The van der Waals surface area contributed by atoms with Gasteiger partial charge in [0.1, 0.15) is 0 Å². The number of thiocarbonyl (C=S) groups is 1. The molecule has 0 aromatic heterocycles. The molecule has 0 unspecified atom stereocenters. The Morgan fingerprint density at radius 1 is 1.88 bits per heavy atom. The third-order valence-corrected chi connectivity index (χ3v) is 1.000. The van der Waals surface area contributed by atoms with Gasteiger partial charge in [0.25, 0.3) is 0 Å². The third-order valence-electron chi connectivity index (χ3n) is 0.726. The van der Waals surface area contributed by atoms with Crippen molar-refractivity contribution in [2.75, 3.05) is 13.6 Å². The first kappa shape index (κ1) is 7.65. The summed E-state index contributed by atoms with van der Waals surface area (Å²) in [5.74, 6) is 0. The highest BCUT2D eigenvalue weighted by Gasteiger charge is 1.91. The molecule has 0 heterocycles. The molecule has 0 saturated heterocycles. The molecule has 48 valence electrons. The van der Waals surface area contributed by atoms with Crippen molar-refractivity contribution in [2.24, 2.45) is 5.73 Å². The van der Waals surface area contributed by atoms with Gasteiger partial charge in [0, 0.05) is 13.6 Å². The Morgan fingerprint density at radius 3 is 2.50 bits per heavy atom. The topological polar surface area (TPSA) is 41.3 Å². The molecule has 0 bridgehead atoms. The van der Waals surface area contributed by atoms with E-state index in [1.54, 1.807) is 12.1 Å². The smallest absolute Gasteiger partial charge is 0.180 e. The fourth-order valence-electron chi connectivity index (χ4n) is 0.315. The summed E-state index contributed by atoms with van der Waals surface area (Å²) in [6, 6.07) is 0. The second kappa shape index (κ2) is 3.63. The summed E-state index contributed by atoms with van der Waals surface area (Å²) >= 11 is 4.62. The fraction of sp³-hybridized carbons (Fsp3) is 0.750. The van der Waals surface area contributed by atoms with E-state index in [1.807, 2.05) is 6.92 Å². The molecular weight excluding hydrogens is 122 g/mol. The number of nitrogens with one attached hydrogen (secondary N) is 1. The lowest BCUT2D eigenvalue weighted by atomic mass is 10.8. The van der Waals surface area contributed by atoms with Crippen LogP contribution in [0.5, 0.6) is 0 Å². The minimum Gasteiger partial charge on any atom is -0.375 e. The van der Waals surface area contributed by atoms with E-state index in [0.29, 0.717) is 5.11 Å². The molecule has 0 rings (SSSR count). The number of hydrazine groups is 1. The molecule has 0 saturated carbocycles. The Balaban J connectivity index is 3.32. The Labute approximate surface area is 54.8 Å². The van der Waals surface area contributed by atoms with Gasteiger partial charge >= 0.3 is 0 Å². The first-order valence-corrected chi connectivity index (χ1v) is 2.86. The predicted molar refractivity (Wildman–Crippen MR) is 38.2 cm³/mol. The molecular formula is C4H11N3S. The van der Waals surface area contributed by atoms with Gasteiger partial charge in [-0.25, -0.2) is 5.43 Å². The Morgan fingerprint density at radius 2 is 2.38 bits per heavy atom. The summed E-state index contributed by atoms with van der Waals surface area (Å²) in [4.78, 5) is 0. The van der Waals surface area contributed by atoms with E-state index in [4.69, 9.17) is 5.73 Å². The number of nitrogens with two attached hydrogens (primary N) is 1. The van der Waals surface area contributed by atoms with Crippen molar-refractivity contribution in [1.29, 1.82) is 0 Å². The van der Waals surface area contributed by atoms with Crippen LogP contribution in [-0.4, -0.2) is 23.7 Å². The summed E-state index contributed by atoms with van der Waals surface area (Å²) in [5, 5.41) is 1.97. The normalized spacial score (nSPS) is 8.75. The van der Waals surface area contributed by atoms with Crippen molar-refractivity contribution < 1.29 is 0 Å². The quantitative estimate of drug-likeness (QED) is 0.400. The zero-order valence-corrected chi connectivity index (χ0v) is 5.96. The SMILES string of the molecule is CCNN(C)C(N)=S. The van der Waals surface area contributed by atoms with Crippen molar-refractivity contribution in [3.05, 3.63) is 0 Å². The molecule has 3 nitrogen and oxygen atoms in total. The summed E-state index contributed by atoms with van der Waals surface area (Å²) < 4.78 is 0. The summed E-state index contributed by atoms with van der Waals surface area (Å²) in [7, 11) is 1.78. The van der Waals surface area contributed by atoms with Gasteiger partial charge in [0.15, 0.2) is 5.11 Å². The molecule has 0 aromatic carbocycles. The highest BCUT2D eigenvalue weighted by Crippen LogP contribution is 1.71. The number of nitrogens with zero attached hydrogens (tertiary/aromatic N) is 1. The molecule has 8 heavy (non-hydrogen) atoms. The average Bonchev–Trinajstić information content (AvgIpc) is 1.67. The maximum Gasteiger partial charge on any atom is 0.180 e. The van der Waals surface area contributed by atoms with Crippen LogP contribution < -0.4 is 11.2 Å². The summed E-state index contributed by atoms with van der Waals surface area (Å²) in [6.45, 7) is 2.82. The van der Waals surface area contributed by atoms with E-state index >= 15 is 0 Å². The second-order valence-electron chi connectivity index (χ2n) is 1.41. The Bertz CT molecular complexity index is 83.4. The molecule has 3 N–H and O–H groups in total. The lowest BCUT2D eigenvalue weighted by molar-refractivity contribution is 0.381. The van der Waals surface area contributed by atoms with E-state index in [9.17, 15) is 0 Å². The van der Waals surface area contributed by atoms with Gasteiger partial charge in [0.2, 0.25) is 0 Å². The van der Waals surface area contributed by atoms with Gasteiger partial charge in [-0.15, -0.1) is 0 Å². The van der Waals surface area contributed by atoms with E-state index in [1.165, 1.54) is 0 Å². The maximum absolute atomic E-state index is 5.22. The molecule has 0 spiro atoms. The molecule has 4 heteroatoms. The highest BCUT2D eigenvalue weighted by molar-refractivity contribution is 7.80. The molecule has 0 fully saturated rings. The van der Waals surface area contributed by atoms with E-state index in [-0.39, 0.29) is 0 Å². The number of rotatable bonds is 2. The number of hydrogen-bond donors (Lipinski definition) is 2. The highest BCUT2D eigenvalue weighted by atomic mass is 32.1. The average molecular weight is 133 g/mol. The van der Waals surface area contributed by atoms with Gasteiger partial charge < -0.3 is 5.73 Å². The van der Waals surface area contributed by atoms with Crippen LogP contribution in [0.1, 0.15) is 6.92 Å². The molecule has 0 atom stereocenters. The second-order valence-corrected chi connectivity index (χ2v) is 1.83. The molecule has 0 aliphatic rings. The fourth-order valence-corrected chi connectivity index (χ4v) is 0.380. The van der Waals surface area contributed by atoms with Crippen LogP contribution in [-0.2, 0) is 0 Å². The van der Waals surface area contributed by atoms with Crippen molar-refractivity contribution >= 4 is 17.3 Å². The minimum atomic E-state index is 0.367. The largest absolute Gasteiger partial charge is 0.375 e.